The highest BCUT2D eigenvalue weighted by Gasteiger charge is 2.28. The lowest BCUT2D eigenvalue weighted by Crippen LogP contribution is -2.37. The molecule has 0 unspecified atom stereocenters. The van der Waals surface area contributed by atoms with E-state index in [9.17, 15) is 9.59 Å². The fourth-order valence-electron chi connectivity index (χ4n) is 2.16. The van der Waals surface area contributed by atoms with Gasteiger partial charge in [0.1, 0.15) is 16.9 Å². The van der Waals surface area contributed by atoms with Crippen LogP contribution in [-0.2, 0) is 0 Å². The second-order valence-electron chi connectivity index (χ2n) is 4.99. The normalized spacial score (nSPS) is 14.8. The molecule has 1 aliphatic rings. The summed E-state index contributed by atoms with van der Waals surface area (Å²) in [5, 5.41) is 6.07. The van der Waals surface area contributed by atoms with Crippen LogP contribution in [0.4, 0.5) is 17.1 Å². The molecule has 0 bridgehead atoms. The van der Waals surface area contributed by atoms with Crippen molar-refractivity contribution in [2.75, 3.05) is 10.6 Å². The fraction of sp³-hybridized carbons (Fsp3) is 0.214. The van der Waals surface area contributed by atoms with Crippen LogP contribution in [0.2, 0.25) is 0 Å². The Hall–Kier alpha value is -2.63. The van der Waals surface area contributed by atoms with Gasteiger partial charge in [0, 0.05) is 17.8 Å². The number of benzene rings is 1. The van der Waals surface area contributed by atoms with Gasteiger partial charge in [-0.25, -0.2) is 4.98 Å². The lowest BCUT2D eigenvalue weighted by Gasteiger charge is -2.14. The van der Waals surface area contributed by atoms with E-state index in [1.165, 1.54) is 6.39 Å². The first-order valence-electron chi connectivity index (χ1n) is 6.42. The van der Waals surface area contributed by atoms with Crippen molar-refractivity contribution in [2.24, 2.45) is 0 Å². The van der Waals surface area contributed by atoms with Gasteiger partial charge in [-0.15, -0.1) is 0 Å². The molecule has 2 aromatic carbocycles. The Balaban J connectivity index is 1.66. The first-order chi connectivity index (χ1) is 9.72. The second kappa shape index (κ2) is 3.93. The topological polar surface area (TPSA) is 84.2 Å². The Morgan fingerprint density at radius 3 is 2.75 bits per heavy atom. The van der Waals surface area contributed by atoms with Crippen LogP contribution in [0, 0.1) is 0 Å². The second-order valence-corrected chi connectivity index (χ2v) is 4.99. The lowest BCUT2D eigenvalue weighted by atomic mass is 10.1. The molecule has 6 heteroatoms. The van der Waals surface area contributed by atoms with Crippen LogP contribution < -0.4 is 21.5 Å². The molecule has 1 heterocycles. The predicted molar refractivity (Wildman–Crippen MR) is 75.3 cm³/mol. The van der Waals surface area contributed by atoms with Gasteiger partial charge in [0.15, 0.2) is 12.0 Å². The maximum Gasteiger partial charge on any atom is 0.253 e. The molecule has 6 nitrogen and oxygen atoms in total. The smallest absolute Gasteiger partial charge is 0.253 e. The lowest BCUT2D eigenvalue weighted by molar-refractivity contribution is 0.602. The Kier molecular flexibility index (Phi) is 2.20. The largest absolute Gasteiger partial charge is 0.443 e. The molecule has 0 aliphatic heterocycles. The van der Waals surface area contributed by atoms with Crippen molar-refractivity contribution in [3.8, 4) is 0 Å². The van der Waals surface area contributed by atoms with E-state index in [1.807, 2.05) is 0 Å². The summed E-state index contributed by atoms with van der Waals surface area (Å²) in [5.74, 6) is 0. The molecule has 0 radical (unpaired) electrons. The van der Waals surface area contributed by atoms with Gasteiger partial charge in [-0.1, -0.05) is 0 Å². The zero-order valence-corrected chi connectivity index (χ0v) is 10.5. The summed E-state index contributed by atoms with van der Waals surface area (Å²) in [6, 6.07) is 5.67. The summed E-state index contributed by atoms with van der Waals surface area (Å²) in [6.07, 6.45) is 3.45. The number of oxazole rings is 1. The Morgan fingerprint density at radius 2 is 1.95 bits per heavy atom. The van der Waals surface area contributed by atoms with Gasteiger partial charge in [-0.05, 0) is 25.0 Å². The monoisotopic (exact) mass is 269 g/mol. The number of fused-ring (bicyclic) bond motifs is 1. The first kappa shape index (κ1) is 11.2. The van der Waals surface area contributed by atoms with Crippen LogP contribution >= 0.6 is 0 Å². The van der Waals surface area contributed by atoms with Crippen molar-refractivity contribution < 1.29 is 4.42 Å². The van der Waals surface area contributed by atoms with Crippen LogP contribution in [0.3, 0.4) is 0 Å². The number of nitrogens with zero attached hydrogens (tertiary/aromatic N) is 1. The number of anilines is 3. The summed E-state index contributed by atoms with van der Waals surface area (Å²) in [4.78, 5) is 27.2. The summed E-state index contributed by atoms with van der Waals surface area (Å²) in [7, 11) is 0. The molecule has 1 aromatic heterocycles. The zero-order chi connectivity index (χ0) is 13.7. The molecule has 1 aliphatic carbocycles. The third-order valence-corrected chi connectivity index (χ3v) is 3.44. The molecule has 0 amide bonds. The van der Waals surface area contributed by atoms with Crippen molar-refractivity contribution in [3.05, 3.63) is 45.0 Å². The Bertz CT molecular complexity index is 869. The van der Waals surface area contributed by atoms with Gasteiger partial charge in [-0.2, -0.15) is 0 Å². The number of aromatic nitrogens is 1. The first-order valence-corrected chi connectivity index (χ1v) is 6.42. The van der Waals surface area contributed by atoms with E-state index in [2.05, 4.69) is 15.6 Å². The van der Waals surface area contributed by atoms with Gasteiger partial charge in [0.2, 0.25) is 0 Å². The van der Waals surface area contributed by atoms with E-state index in [4.69, 9.17) is 4.42 Å². The van der Waals surface area contributed by atoms with Crippen molar-refractivity contribution >= 4 is 28.2 Å². The molecular formula is C14H11N3O3. The number of rotatable bonds is 4. The van der Waals surface area contributed by atoms with Gasteiger partial charge >= 0.3 is 0 Å². The van der Waals surface area contributed by atoms with E-state index in [0.717, 1.165) is 18.4 Å². The molecule has 1 fully saturated rings. The molecule has 0 spiro atoms. The zero-order valence-electron chi connectivity index (χ0n) is 10.5. The van der Waals surface area contributed by atoms with E-state index in [1.54, 1.807) is 18.2 Å². The molecule has 20 heavy (non-hydrogen) atoms. The van der Waals surface area contributed by atoms with Crippen LogP contribution in [0.5, 0.6) is 0 Å². The van der Waals surface area contributed by atoms with Gasteiger partial charge in [-0.3, -0.25) is 9.59 Å². The van der Waals surface area contributed by atoms with E-state index < -0.39 is 10.9 Å². The van der Waals surface area contributed by atoms with Crippen LogP contribution in [0.1, 0.15) is 12.8 Å². The minimum atomic E-state index is -0.481. The third kappa shape index (κ3) is 1.69. The van der Waals surface area contributed by atoms with Crippen molar-refractivity contribution in [1.29, 1.82) is 0 Å². The maximum absolute atomic E-state index is 11.6. The minimum Gasteiger partial charge on any atom is -0.443 e. The quantitative estimate of drug-likeness (QED) is 0.702. The van der Waals surface area contributed by atoms with E-state index >= 15 is 0 Å². The van der Waals surface area contributed by atoms with Crippen LogP contribution in [0.25, 0.3) is 11.1 Å². The van der Waals surface area contributed by atoms with Gasteiger partial charge in [0.05, 0.1) is 0 Å². The average molecular weight is 269 g/mol. The number of nitrogens with one attached hydrogen (secondary N) is 2. The summed E-state index contributed by atoms with van der Waals surface area (Å²) in [5.41, 5.74) is 1.88. The van der Waals surface area contributed by atoms with Crippen molar-refractivity contribution in [1.82, 2.24) is 4.98 Å². The summed E-state index contributed by atoms with van der Waals surface area (Å²) in [6.45, 7) is 0. The van der Waals surface area contributed by atoms with Gasteiger partial charge in [0.25, 0.3) is 10.9 Å². The van der Waals surface area contributed by atoms with Gasteiger partial charge < -0.3 is 15.1 Å². The molecule has 1 saturated carbocycles. The number of hydrogen-bond acceptors (Lipinski definition) is 6. The summed E-state index contributed by atoms with van der Waals surface area (Å²) < 4.78 is 5.21. The van der Waals surface area contributed by atoms with Crippen LogP contribution in [-0.4, -0.2) is 11.0 Å². The highest BCUT2D eigenvalue weighted by molar-refractivity contribution is 5.83. The fourth-order valence-corrected chi connectivity index (χ4v) is 2.16. The van der Waals surface area contributed by atoms with Crippen molar-refractivity contribution in [3.63, 3.8) is 0 Å². The van der Waals surface area contributed by atoms with E-state index in [-0.39, 0.29) is 0 Å². The highest BCUT2D eigenvalue weighted by atomic mass is 16.3. The van der Waals surface area contributed by atoms with Crippen molar-refractivity contribution in [2.45, 2.75) is 18.9 Å². The molecular weight excluding hydrogens is 258 g/mol. The highest BCUT2D eigenvalue weighted by Crippen LogP contribution is 2.28. The van der Waals surface area contributed by atoms with E-state index in [0.29, 0.717) is 28.7 Å². The SMILES string of the molecule is O=c1c(Nc2ccc3ncoc3c2)c(NC2CC2)c1=O. The standard InChI is InChI=1S/C14H11N3O3/c18-13-11(16-7-1-2-7)12(14(13)19)17-8-3-4-9-10(5-8)20-6-15-9/h3-7,16-17H,1-2H2. The molecule has 3 aromatic rings. The Morgan fingerprint density at radius 1 is 1.15 bits per heavy atom. The van der Waals surface area contributed by atoms with Crippen LogP contribution in [0.15, 0.2) is 38.6 Å². The maximum atomic E-state index is 11.6. The molecule has 100 valence electrons. The molecule has 2 N–H and O–H groups in total. The Labute approximate surface area is 113 Å². The third-order valence-electron chi connectivity index (χ3n) is 3.44. The number of hydrogen-bond donors (Lipinski definition) is 2. The molecule has 0 atom stereocenters. The predicted octanol–water partition coefficient (Wildman–Crippen LogP) is 1.74. The summed E-state index contributed by atoms with van der Waals surface area (Å²) >= 11 is 0. The minimum absolute atomic E-state index is 0.329. The molecule has 4 rings (SSSR count). The molecule has 0 saturated heterocycles. The average Bonchev–Trinajstić information content (AvgIpc) is 3.17.